The van der Waals surface area contributed by atoms with Crippen LogP contribution in [0, 0.1) is 17.2 Å². The number of nitrogens with two attached hydrogens (primary N) is 1. The van der Waals surface area contributed by atoms with Gasteiger partial charge < -0.3 is 10.3 Å². The molecule has 1 aromatic rings. The second-order valence-electron chi connectivity index (χ2n) is 3.47. The van der Waals surface area contributed by atoms with E-state index in [0.717, 1.165) is 12.4 Å². The number of anilines is 2. The Labute approximate surface area is 95.1 Å². The van der Waals surface area contributed by atoms with E-state index < -0.39 is 0 Å². The molecule has 0 saturated carbocycles. The number of aromatic nitrogens is 2. The minimum Gasteiger partial charge on any atom is -0.355 e. The highest BCUT2D eigenvalue weighted by Gasteiger charge is 2.10. The van der Waals surface area contributed by atoms with Crippen LogP contribution in [0.15, 0.2) is 12.4 Å². The van der Waals surface area contributed by atoms with Gasteiger partial charge in [-0.1, -0.05) is 0 Å². The van der Waals surface area contributed by atoms with E-state index in [9.17, 15) is 0 Å². The molecule has 1 rings (SSSR count). The third kappa shape index (κ3) is 3.07. The van der Waals surface area contributed by atoms with Crippen LogP contribution in [0.4, 0.5) is 11.6 Å². The van der Waals surface area contributed by atoms with E-state index in [0.29, 0.717) is 12.4 Å². The summed E-state index contributed by atoms with van der Waals surface area (Å²) in [6, 6.07) is 3.96. The fourth-order valence-corrected chi connectivity index (χ4v) is 1.35. The highest BCUT2D eigenvalue weighted by Crippen LogP contribution is 2.14. The molecule has 0 fully saturated rings. The molecule has 0 radical (unpaired) electrons. The molecule has 1 aromatic heterocycles. The molecule has 0 spiro atoms. The van der Waals surface area contributed by atoms with Gasteiger partial charge in [0.05, 0.1) is 12.0 Å². The molecule has 6 nitrogen and oxygen atoms in total. The van der Waals surface area contributed by atoms with Crippen LogP contribution in [-0.4, -0.2) is 23.1 Å². The van der Waals surface area contributed by atoms with Crippen molar-refractivity contribution in [3.8, 4) is 6.07 Å². The second-order valence-corrected chi connectivity index (χ2v) is 3.47. The molecule has 86 valence electrons. The Balaban J connectivity index is 2.82. The van der Waals surface area contributed by atoms with Crippen LogP contribution < -0.4 is 16.2 Å². The van der Waals surface area contributed by atoms with Gasteiger partial charge in [0.1, 0.15) is 18.0 Å². The molecule has 0 aliphatic rings. The first-order valence-electron chi connectivity index (χ1n) is 5.14. The van der Waals surface area contributed by atoms with E-state index in [4.69, 9.17) is 11.1 Å². The second kappa shape index (κ2) is 5.88. The molecule has 0 aliphatic heterocycles. The summed E-state index contributed by atoms with van der Waals surface area (Å²) in [7, 11) is 0. The highest BCUT2D eigenvalue weighted by molar-refractivity contribution is 5.47. The van der Waals surface area contributed by atoms with Crippen molar-refractivity contribution >= 4 is 11.6 Å². The summed E-state index contributed by atoms with van der Waals surface area (Å²) in [5.74, 6) is 6.57. The molecule has 3 N–H and O–H groups in total. The van der Waals surface area contributed by atoms with Crippen molar-refractivity contribution in [1.29, 1.82) is 5.26 Å². The number of nitrogen functional groups attached to an aromatic ring is 1. The number of nitriles is 1. The summed E-state index contributed by atoms with van der Waals surface area (Å²) >= 11 is 0. The molecular weight excluding hydrogens is 204 g/mol. The highest BCUT2D eigenvalue weighted by atomic mass is 15.3. The molecular formula is C10H16N6. The van der Waals surface area contributed by atoms with Gasteiger partial charge in [-0.15, -0.1) is 0 Å². The maximum atomic E-state index is 8.79. The maximum absolute atomic E-state index is 8.79. The van der Waals surface area contributed by atoms with E-state index >= 15 is 0 Å². The van der Waals surface area contributed by atoms with Crippen LogP contribution in [0.25, 0.3) is 0 Å². The van der Waals surface area contributed by atoms with E-state index in [1.807, 2.05) is 18.7 Å². The van der Waals surface area contributed by atoms with Crippen LogP contribution >= 0.6 is 0 Å². The number of rotatable bonds is 5. The lowest BCUT2D eigenvalue weighted by Crippen LogP contribution is -2.28. The first-order valence-corrected chi connectivity index (χ1v) is 5.14. The third-order valence-corrected chi connectivity index (χ3v) is 2.22. The van der Waals surface area contributed by atoms with E-state index in [1.54, 1.807) is 6.07 Å². The van der Waals surface area contributed by atoms with Crippen LogP contribution in [0.3, 0.4) is 0 Å². The zero-order valence-electron chi connectivity index (χ0n) is 9.51. The number of nitrogens with one attached hydrogen (secondary N) is 1. The molecule has 0 aromatic carbocycles. The summed E-state index contributed by atoms with van der Waals surface area (Å²) in [6.45, 7) is 5.33. The lowest BCUT2D eigenvalue weighted by atomic mass is 10.2. The summed E-state index contributed by atoms with van der Waals surface area (Å²) < 4.78 is 0. The van der Waals surface area contributed by atoms with Crippen molar-refractivity contribution in [2.24, 2.45) is 11.8 Å². The van der Waals surface area contributed by atoms with Gasteiger partial charge in [0.15, 0.2) is 0 Å². The van der Waals surface area contributed by atoms with Gasteiger partial charge in [0, 0.05) is 19.2 Å². The Kier molecular flexibility index (Phi) is 4.48. The van der Waals surface area contributed by atoms with Gasteiger partial charge in [0.25, 0.3) is 0 Å². The minimum absolute atomic E-state index is 0.0378. The molecule has 0 amide bonds. The Morgan fingerprint density at radius 3 is 2.94 bits per heavy atom. The fourth-order valence-electron chi connectivity index (χ4n) is 1.35. The van der Waals surface area contributed by atoms with Gasteiger partial charge in [0.2, 0.25) is 0 Å². The molecule has 16 heavy (non-hydrogen) atoms. The zero-order chi connectivity index (χ0) is 12.0. The average Bonchev–Trinajstić information content (AvgIpc) is 2.35. The molecule has 1 unspecified atom stereocenters. The number of hydrogen-bond acceptors (Lipinski definition) is 6. The summed E-state index contributed by atoms with van der Waals surface area (Å²) in [6.07, 6.45) is 1.45. The van der Waals surface area contributed by atoms with Crippen molar-refractivity contribution in [3.63, 3.8) is 0 Å². The van der Waals surface area contributed by atoms with E-state index in [-0.39, 0.29) is 5.92 Å². The van der Waals surface area contributed by atoms with Gasteiger partial charge in [-0.2, -0.15) is 5.26 Å². The monoisotopic (exact) mass is 220 g/mol. The Morgan fingerprint density at radius 1 is 1.62 bits per heavy atom. The number of nitrogens with zero attached hydrogens (tertiary/aromatic N) is 4. The van der Waals surface area contributed by atoms with Crippen LogP contribution in [0.2, 0.25) is 0 Å². The number of hydrogen-bond donors (Lipinski definition) is 2. The van der Waals surface area contributed by atoms with Gasteiger partial charge in [-0.3, -0.25) is 0 Å². The predicted octanol–water partition coefficient (Wildman–Crippen LogP) is 0.748. The molecule has 6 heteroatoms. The largest absolute Gasteiger partial charge is 0.355 e. The molecule has 0 aliphatic carbocycles. The smallest absolute Gasteiger partial charge is 0.145 e. The standard InChI is InChI=1S/C10H16N6/c1-3-16(6-8(2)5-11)10-4-9(15-12)13-7-14-10/h4,7-8H,3,6,12H2,1-2H3,(H,13,14,15). The predicted molar refractivity (Wildman–Crippen MR) is 62.5 cm³/mol. The topological polar surface area (TPSA) is 90.9 Å². The normalized spacial score (nSPS) is 11.6. The van der Waals surface area contributed by atoms with Crippen LogP contribution in [0.1, 0.15) is 13.8 Å². The SMILES string of the molecule is CCN(CC(C)C#N)c1cc(NN)ncn1. The van der Waals surface area contributed by atoms with Gasteiger partial charge in [-0.05, 0) is 13.8 Å². The summed E-state index contributed by atoms with van der Waals surface area (Å²) in [5, 5.41) is 8.79. The Bertz CT molecular complexity index is 372. The quantitative estimate of drug-likeness (QED) is 0.562. The summed E-state index contributed by atoms with van der Waals surface area (Å²) in [5.41, 5.74) is 2.47. The van der Waals surface area contributed by atoms with Gasteiger partial charge >= 0.3 is 0 Å². The zero-order valence-corrected chi connectivity index (χ0v) is 9.51. The average molecular weight is 220 g/mol. The van der Waals surface area contributed by atoms with E-state index in [1.165, 1.54) is 6.33 Å². The molecule has 0 bridgehead atoms. The van der Waals surface area contributed by atoms with Crippen molar-refractivity contribution in [2.75, 3.05) is 23.4 Å². The lowest BCUT2D eigenvalue weighted by molar-refractivity contribution is 0.679. The van der Waals surface area contributed by atoms with Crippen LogP contribution in [0.5, 0.6) is 0 Å². The molecule has 1 heterocycles. The molecule has 0 saturated heterocycles. The first kappa shape index (κ1) is 12.2. The van der Waals surface area contributed by atoms with Crippen molar-refractivity contribution < 1.29 is 0 Å². The maximum Gasteiger partial charge on any atom is 0.145 e. The summed E-state index contributed by atoms with van der Waals surface area (Å²) in [4.78, 5) is 10.1. The van der Waals surface area contributed by atoms with Gasteiger partial charge in [-0.25, -0.2) is 15.8 Å². The first-order chi connectivity index (χ1) is 7.71. The molecule has 1 atom stereocenters. The Hall–Kier alpha value is -1.87. The van der Waals surface area contributed by atoms with Crippen molar-refractivity contribution in [1.82, 2.24) is 9.97 Å². The third-order valence-electron chi connectivity index (χ3n) is 2.22. The van der Waals surface area contributed by atoms with Crippen LogP contribution in [-0.2, 0) is 0 Å². The Morgan fingerprint density at radius 2 is 2.38 bits per heavy atom. The van der Waals surface area contributed by atoms with E-state index in [2.05, 4.69) is 21.5 Å². The number of hydrazine groups is 1. The lowest BCUT2D eigenvalue weighted by Gasteiger charge is -2.22. The van der Waals surface area contributed by atoms with Crippen molar-refractivity contribution in [3.05, 3.63) is 12.4 Å². The van der Waals surface area contributed by atoms with Crippen molar-refractivity contribution in [2.45, 2.75) is 13.8 Å². The fraction of sp³-hybridized carbons (Fsp3) is 0.500. The minimum atomic E-state index is -0.0378.